The summed E-state index contributed by atoms with van der Waals surface area (Å²) in [5.74, 6) is 3.08. The normalized spacial score (nSPS) is 10.8. The fourth-order valence-electron chi connectivity index (χ4n) is 2.23. The molecule has 3 aromatic rings. The fourth-order valence-corrected chi connectivity index (χ4v) is 2.60. The number of nitrogens with one attached hydrogen (secondary N) is 1. The van der Waals surface area contributed by atoms with Crippen LogP contribution in [0.2, 0.25) is 0 Å². The van der Waals surface area contributed by atoms with Gasteiger partial charge in [-0.15, -0.1) is 6.42 Å². The van der Waals surface area contributed by atoms with Crippen molar-refractivity contribution in [2.75, 3.05) is 6.61 Å². The lowest BCUT2D eigenvalue weighted by Crippen LogP contribution is -2.11. The highest BCUT2D eigenvalue weighted by atomic mass is 79.9. The molecule has 2 aromatic carbocycles. The Bertz CT molecular complexity index is 1020. The van der Waals surface area contributed by atoms with E-state index in [0.29, 0.717) is 17.0 Å². The van der Waals surface area contributed by atoms with E-state index in [-0.39, 0.29) is 12.2 Å². The van der Waals surface area contributed by atoms with Crippen LogP contribution >= 0.6 is 15.9 Å². The Morgan fingerprint density at radius 2 is 2.08 bits per heavy atom. The summed E-state index contributed by atoms with van der Waals surface area (Å²) in [5.41, 5.74) is 2.33. The molecule has 0 aliphatic heterocycles. The van der Waals surface area contributed by atoms with Crippen LogP contribution in [0.5, 0.6) is 5.75 Å². The van der Waals surface area contributed by atoms with Gasteiger partial charge in [-0.1, -0.05) is 34.0 Å². The number of benzene rings is 2. The first kappa shape index (κ1) is 16.0. The molecule has 0 aliphatic carbocycles. The third-order valence-electron chi connectivity index (χ3n) is 3.33. The van der Waals surface area contributed by atoms with Gasteiger partial charge in [-0.2, -0.15) is 0 Å². The molecule has 118 valence electrons. The highest BCUT2D eigenvalue weighted by molar-refractivity contribution is 9.10. The van der Waals surface area contributed by atoms with E-state index in [0.717, 1.165) is 15.6 Å². The highest BCUT2D eigenvalue weighted by Crippen LogP contribution is 2.25. The van der Waals surface area contributed by atoms with E-state index >= 15 is 0 Å². The predicted octanol–water partition coefficient (Wildman–Crippen LogP) is 3.87. The number of para-hydroxylation sites is 2. The first-order valence-corrected chi connectivity index (χ1v) is 7.99. The molecule has 5 heteroatoms. The van der Waals surface area contributed by atoms with Crippen molar-refractivity contribution in [3.8, 4) is 18.1 Å². The Kier molecular flexibility index (Phi) is 4.78. The molecular weight excluding hydrogens is 368 g/mol. The molecule has 0 radical (unpaired) electrons. The molecule has 0 bridgehead atoms. The zero-order valence-electron chi connectivity index (χ0n) is 12.6. The zero-order valence-corrected chi connectivity index (χ0v) is 14.2. The van der Waals surface area contributed by atoms with Gasteiger partial charge in [-0.3, -0.25) is 4.79 Å². The molecule has 0 saturated carbocycles. The van der Waals surface area contributed by atoms with Crippen LogP contribution in [-0.4, -0.2) is 16.6 Å². The number of ether oxygens (including phenoxy) is 1. The average Bonchev–Trinajstić information content (AvgIpc) is 2.59. The van der Waals surface area contributed by atoms with Gasteiger partial charge < -0.3 is 9.72 Å². The van der Waals surface area contributed by atoms with Crippen molar-refractivity contribution >= 4 is 39.1 Å². The summed E-state index contributed by atoms with van der Waals surface area (Å²) >= 11 is 3.42. The molecule has 0 amide bonds. The number of H-pyrrole nitrogens is 1. The van der Waals surface area contributed by atoms with Crippen LogP contribution in [0.15, 0.2) is 51.7 Å². The summed E-state index contributed by atoms with van der Waals surface area (Å²) in [6.07, 6.45) is 8.68. The SMILES string of the molecule is C#CCOc1ccc(Br)cc1/C=C/c1nc2ccccc2[nH]c1=O. The minimum atomic E-state index is -0.244. The largest absolute Gasteiger partial charge is 0.480 e. The number of aromatic nitrogens is 2. The first-order chi connectivity index (χ1) is 11.7. The van der Waals surface area contributed by atoms with E-state index < -0.39 is 0 Å². The summed E-state index contributed by atoms with van der Waals surface area (Å²) in [4.78, 5) is 19.3. The van der Waals surface area contributed by atoms with Gasteiger partial charge in [0.25, 0.3) is 5.56 Å². The number of aromatic amines is 1. The quantitative estimate of drug-likeness (QED) is 0.699. The van der Waals surface area contributed by atoms with E-state index in [2.05, 4.69) is 31.8 Å². The molecule has 0 spiro atoms. The molecule has 24 heavy (non-hydrogen) atoms. The Balaban J connectivity index is 1.99. The number of nitrogens with zero attached hydrogens (tertiary/aromatic N) is 1. The highest BCUT2D eigenvalue weighted by Gasteiger charge is 2.04. The van der Waals surface area contributed by atoms with E-state index in [1.807, 2.05) is 42.5 Å². The van der Waals surface area contributed by atoms with Crippen molar-refractivity contribution < 1.29 is 4.74 Å². The Labute approximate surface area is 147 Å². The topological polar surface area (TPSA) is 55.0 Å². The predicted molar refractivity (Wildman–Crippen MR) is 99.8 cm³/mol. The maximum atomic E-state index is 12.1. The standard InChI is InChI=1S/C19H13BrN2O2/c1-2-11-24-18-10-8-14(20)12-13(18)7-9-17-19(23)22-16-6-4-3-5-15(16)21-17/h1,3-10,12H,11H2,(H,22,23)/b9-7+. The lowest BCUT2D eigenvalue weighted by molar-refractivity contribution is 0.369. The summed E-state index contributed by atoms with van der Waals surface area (Å²) in [5, 5.41) is 0. The summed E-state index contributed by atoms with van der Waals surface area (Å²) in [6.45, 7) is 0.178. The molecule has 0 atom stereocenters. The fraction of sp³-hybridized carbons (Fsp3) is 0.0526. The van der Waals surface area contributed by atoms with Crippen molar-refractivity contribution in [3.05, 3.63) is 68.5 Å². The van der Waals surface area contributed by atoms with Crippen molar-refractivity contribution in [1.29, 1.82) is 0 Å². The zero-order chi connectivity index (χ0) is 16.9. The molecule has 1 aromatic heterocycles. The Morgan fingerprint density at radius 1 is 1.25 bits per heavy atom. The van der Waals surface area contributed by atoms with Crippen molar-refractivity contribution in [1.82, 2.24) is 9.97 Å². The van der Waals surface area contributed by atoms with Gasteiger partial charge in [0.1, 0.15) is 18.1 Å². The van der Waals surface area contributed by atoms with Gasteiger partial charge in [-0.25, -0.2) is 4.98 Å². The molecule has 0 saturated heterocycles. The summed E-state index contributed by atoms with van der Waals surface area (Å²) in [7, 11) is 0. The second-order valence-corrected chi connectivity index (χ2v) is 5.89. The van der Waals surface area contributed by atoms with E-state index in [9.17, 15) is 4.79 Å². The van der Waals surface area contributed by atoms with Gasteiger partial charge in [-0.05, 0) is 42.5 Å². The van der Waals surface area contributed by atoms with Crippen LogP contribution in [-0.2, 0) is 0 Å². The summed E-state index contributed by atoms with van der Waals surface area (Å²) in [6, 6.07) is 13.0. The lowest BCUT2D eigenvalue weighted by atomic mass is 10.1. The van der Waals surface area contributed by atoms with Crippen LogP contribution in [0, 0.1) is 12.3 Å². The van der Waals surface area contributed by atoms with Crippen molar-refractivity contribution in [2.24, 2.45) is 0 Å². The van der Waals surface area contributed by atoms with E-state index in [4.69, 9.17) is 11.2 Å². The number of halogens is 1. The first-order valence-electron chi connectivity index (χ1n) is 7.20. The monoisotopic (exact) mass is 380 g/mol. The maximum absolute atomic E-state index is 12.1. The van der Waals surface area contributed by atoms with Gasteiger partial charge in [0.05, 0.1) is 11.0 Å². The lowest BCUT2D eigenvalue weighted by Gasteiger charge is -2.07. The average molecular weight is 381 g/mol. The molecule has 4 nitrogen and oxygen atoms in total. The van der Waals surface area contributed by atoms with Crippen LogP contribution in [0.25, 0.3) is 23.2 Å². The second kappa shape index (κ2) is 7.16. The van der Waals surface area contributed by atoms with Crippen molar-refractivity contribution in [3.63, 3.8) is 0 Å². The minimum absolute atomic E-state index is 0.178. The van der Waals surface area contributed by atoms with Gasteiger partial charge >= 0.3 is 0 Å². The number of hydrogen-bond acceptors (Lipinski definition) is 3. The maximum Gasteiger partial charge on any atom is 0.274 e. The third-order valence-corrected chi connectivity index (χ3v) is 3.82. The number of hydrogen-bond donors (Lipinski definition) is 1. The number of rotatable bonds is 4. The van der Waals surface area contributed by atoms with Crippen LogP contribution in [0.3, 0.4) is 0 Å². The van der Waals surface area contributed by atoms with Gasteiger partial charge in [0.2, 0.25) is 0 Å². The van der Waals surface area contributed by atoms with Crippen LogP contribution in [0.1, 0.15) is 11.3 Å². The van der Waals surface area contributed by atoms with Crippen LogP contribution < -0.4 is 10.3 Å². The van der Waals surface area contributed by atoms with Crippen molar-refractivity contribution in [2.45, 2.75) is 0 Å². The molecular formula is C19H13BrN2O2. The number of fused-ring (bicyclic) bond motifs is 1. The molecule has 0 unspecified atom stereocenters. The Hall–Kier alpha value is -2.84. The molecule has 0 fully saturated rings. The Morgan fingerprint density at radius 3 is 2.92 bits per heavy atom. The minimum Gasteiger partial charge on any atom is -0.480 e. The van der Waals surface area contributed by atoms with E-state index in [1.54, 1.807) is 12.2 Å². The van der Waals surface area contributed by atoms with Crippen LogP contribution in [0.4, 0.5) is 0 Å². The molecule has 1 N–H and O–H groups in total. The molecule has 3 rings (SSSR count). The number of terminal acetylenes is 1. The van der Waals surface area contributed by atoms with E-state index in [1.165, 1.54) is 0 Å². The molecule has 0 aliphatic rings. The smallest absolute Gasteiger partial charge is 0.274 e. The summed E-state index contributed by atoms with van der Waals surface area (Å²) < 4.78 is 6.41. The third kappa shape index (κ3) is 3.55. The molecule has 1 heterocycles. The van der Waals surface area contributed by atoms with Gasteiger partial charge in [0.15, 0.2) is 0 Å². The second-order valence-electron chi connectivity index (χ2n) is 4.98. The van der Waals surface area contributed by atoms with Gasteiger partial charge in [0, 0.05) is 10.0 Å².